The van der Waals surface area contributed by atoms with Gasteiger partial charge in [-0.15, -0.1) is 11.3 Å². The predicted octanol–water partition coefficient (Wildman–Crippen LogP) is 4.60. The van der Waals surface area contributed by atoms with Gasteiger partial charge < -0.3 is 10.1 Å². The zero-order chi connectivity index (χ0) is 26.5. The topological polar surface area (TPSA) is 78.2 Å². The molecule has 37 heavy (non-hydrogen) atoms. The van der Waals surface area contributed by atoms with Gasteiger partial charge in [0.1, 0.15) is 18.4 Å². The molecule has 194 valence electrons. The summed E-state index contributed by atoms with van der Waals surface area (Å²) >= 11 is 7.71. The van der Waals surface area contributed by atoms with Crippen molar-refractivity contribution in [2.24, 2.45) is 0 Å². The zero-order valence-corrected chi connectivity index (χ0v) is 21.4. The number of ether oxygens (including phenoxy) is 1. The number of fused-ring (bicyclic) bond motifs is 1. The molecule has 1 fully saturated rings. The monoisotopic (exact) mass is 550 g/mol. The fourth-order valence-electron chi connectivity index (χ4n) is 4.28. The Morgan fingerprint density at radius 1 is 1.22 bits per heavy atom. The highest BCUT2D eigenvalue weighted by Crippen LogP contribution is 2.42. The van der Waals surface area contributed by atoms with Gasteiger partial charge in [0.25, 0.3) is 5.56 Å². The molecule has 1 saturated heterocycles. The van der Waals surface area contributed by atoms with Gasteiger partial charge >= 0.3 is 11.9 Å². The van der Waals surface area contributed by atoms with Crippen LogP contribution in [0.4, 0.5) is 13.2 Å². The van der Waals surface area contributed by atoms with Crippen LogP contribution in [0.25, 0.3) is 21.3 Å². The molecule has 4 heterocycles. The normalized spacial score (nSPS) is 17.7. The molecule has 0 unspecified atom stereocenters. The van der Waals surface area contributed by atoms with E-state index < -0.39 is 24.0 Å². The van der Waals surface area contributed by atoms with Gasteiger partial charge in [0, 0.05) is 52.1 Å². The van der Waals surface area contributed by atoms with Gasteiger partial charge in [-0.1, -0.05) is 11.6 Å². The first-order valence-corrected chi connectivity index (χ1v) is 12.6. The van der Waals surface area contributed by atoms with Crippen molar-refractivity contribution >= 4 is 33.2 Å². The third-order valence-corrected chi connectivity index (χ3v) is 7.62. The van der Waals surface area contributed by atoms with Gasteiger partial charge in [-0.3, -0.25) is 18.9 Å². The molecule has 0 spiro atoms. The maximum atomic E-state index is 12.9. The number of thiophene rings is 1. The summed E-state index contributed by atoms with van der Waals surface area (Å²) in [6.07, 6.45) is -2.07. The summed E-state index contributed by atoms with van der Waals surface area (Å²) in [7, 11) is 0. The Morgan fingerprint density at radius 2 is 2.00 bits per heavy atom. The number of hydrogen-bond acceptors (Lipinski definition) is 6. The summed E-state index contributed by atoms with van der Waals surface area (Å²) in [4.78, 5) is 30.0. The molecule has 0 bridgehead atoms. The number of alkyl halides is 3. The molecule has 1 aliphatic rings. The quantitative estimate of drug-likeness (QED) is 0.380. The SMILES string of the molecule is Cc1cc(Cl)cc(-c2ccnc3cc(Cn4c(=O)ccn(CC(F)(F)F)c4=O)sc23)c1O[C@@H]1CN[C@@H]1C. The van der Waals surface area contributed by atoms with Crippen LogP contribution in [0.15, 0.2) is 52.3 Å². The van der Waals surface area contributed by atoms with E-state index in [1.54, 1.807) is 12.3 Å². The van der Waals surface area contributed by atoms with E-state index in [0.717, 1.165) is 44.8 Å². The maximum absolute atomic E-state index is 12.9. The molecule has 0 radical (unpaired) electrons. The molecular weight excluding hydrogens is 529 g/mol. The Hall–Kier alpha value is -3.15. The van der Waals surface area contributed by atoms with Crippen molar-refractivity contribution in [3.8, 4) is 16.9 Å². The van der Waals surface area contributed by atoms with Crippen molar-refractivity contribution in [2.45, 2.75) is 45.3 Å². The summed E-state index contributed by atoms with van der Waals surface area (Å²) in [6, 6.07) is 8.40. The Labute approximate surface area is 218 Å². The zero-order valence-electron chi connectivity index (χ0n) is 19.8. The highest BCUT2D eigenvalue weighted by molar-refractivity contribution is 7.19. The molecule has 5 rings (SSSR count). The second kappa shape index (κ2) is 9.62. The van der Waals surface area contributed by atoms with Crippen molar-refractivity contribution in [1.82, 2.24) is 19.4 Å². The van der Waals surface area contributed by atoms with Crippen LogP contribution in [0.2, 0.25) is 5.02 Å². The molecule has 3 aromatic heterocycles. The molecule has 12 heteroatoms. The average Bonchev–Trinajstić information content (AvgIpc) is 3.23. The number of rotatable bonds is 6. The van der Waals surface area contributed by atoms with Gasteiger partial charge in [-0.05, 0) is 43.7 Å². The number of nitrogens with zero attached hydrogens (tertiary/aromatic N) is 3. The van der Waals surface area contributed by atoms with E-state index in [-0.39, 0.29) is 18.7 Å². The standard InChI is InChI=1S/C25H22ClF3N4O3S/c1-13-7-15(26)8-18(22(13)36-20-10-31-14(20)2)17-3-5-30-19-9-16(37-23(17)19)11-33-21(34)4-6-32(24(33)35)12-25(27,28)29/h3-9,14,20,31H,10-12H2,1-2H3/t14-,20-/m1/s1. The third kappa shape index (κ3) is 5.16. The van der Waals surface area contributed by atoms with Crippen LogP contribution in [-0.2, 0) is 13.1 Å². The first-order chi connectivity index (χ1) is 17.5. The second-order valence-corrected chi connectivity index (χ2v) is 10.6. The number of aryl methyl sites for hydroxylation is 1. The fraction of sp³-hybridized carbons (Fsp3) is 0.320. The molecule has 0 aliphatic carbocycles. The molecule has 1 N–H and O–H groups in total. The largest absolute Gasteiger partial charge is 0.487 e. The van der Waals surface area contributed by atoms with Crippen molar-refractivity contribution in [1.29, 1.82) is 0 Å². The van der Waals surface area contributed by atoms with Gasteiger partial charge in [0.15, 0.2) is 0 Å². The Morgan fingerprint density at radius 3 is 2.68 bits per heavy atom. The van der Waals surface area contributed by atoms with Gasteiger partial charge in [0.05, 0.1) is 16.8 Å². The van der Waals surface area contributed by atoms with Crippen LogP contribution in [0.1, 0.15) is 17.4 Å². The van der Waals surface area contributed by atoms with E-state index >= 15 is 0 Å². The van der Waals surface area contributed by atoms with E-state index in [2.05, 4.69) is 10.3 Å². The third-order valence-electron chi connectivity index (χ3n) is 6.26. The van der Waals surface area contributed by atoms with Gasteiger partial charge in [-0.2, -0.15) is 13.2 Å². The minimum absolute atomic E-state index is 0.0127. The molecule has 0 saturated carbocycles. The lowest BCUT2D eigenvalue weighted by atomic mass is 10.0. The van der Waals surface area contributed by atoms with Crippen LogP contribution >= 0.6 is 22.9 Å². The number of benzene rings is 1. The minimum Gasteiger partial charge on any atom is -0.487 e. The molecular formula is C25H22ClF3N4O3S. The highest BCUT2D eigenvalue weighted by atomic mass is 35.5. The lowest BCUT2D eigenvalue weighted by Gasteiger charge is -2.36. The van der Waals surface area contributed by atoms with E-state index in [1.807, 2.05) is 32.0 Å². The van der Waals surface area contributed by atoms with E-state index in [9.17, 15) is 22.8 Å². The fourth-order valence-corrected chi connectivity index (χ4v) is 5.68. The smallest absolute Gasteiger partial charge is 0.406 e. The average molecular weight is 551 g/mol. The predicted molar refractivity (Wildman–Crippen MR) is 137 cm³/mol. The van der Waals surface area contributed by atoms with Crippen LogP contribution in [-0.4, -0.2) is 39.0 Å². The summed E-state index contributed by atoms with van der Waals surface area (Å²) in [5.41, 5.74) is 1.40. The lowest BCUT2D eigenvalue weighted by Crippen LogP contribution is -2.58. The van der Waals surface area contributed by atoms with Crippen LogP contribution < -0.4 is 21.3 Å². The molecule has 7 nitrogen and oxygen atoms in total. The van der Waals surface area contributed by atoms with Crippen molar-refractivity contribution < 1.29 is 17.9 Å². The number of aromatic nitrogens is 3. The lowest BCUT2D eigenvalue weighted by molar-refractivity contribution is -0.141. The van der Waals surface area contributed by atoms with E-state index in [0.29, 0.717) is 25.7 Å². The second-order valence-electron chi connectivity index (χ2n) is 9.00. The molecule has 1 aromatic carbocycles. The number of pyridine rings is 1. The summed E-state index contributed by atoms with van der Waals surface area (Å²) in [6.45, 7) is 3.04. The Balaban J connectivity index is 1.56. The molecule has 4 aromatic rings. The van der Waals surface area contributed by atoms with E-state index in [1.165, 1.54) is 11.3 Å². The minimum atomic E-state index is -4.59. The number of halogens is 4. The molecule has 2 atom stereocenters. The Kier molecular flexibility index (Phi) is 6.63. The maximum Gasteiger partial charge on any atom is 0.406 e. The highest BCUT2D eigenvalue weighted by Gasteiger charge is 2.30. The summed E-state index contributed by atoms with van der Waals surface area (Å²) < 4.78 is 47.0. The van der Waals surface area contributed by atoms with Gasteiger partial charge in [-0.25, -0.2) is 4.79 Å². The van der Waals surface area contributed by atoms with E-state index in [4.69, 9.17) is 16.3 Å². The number of nitrogens with one attached hydrogen (secondary N) is 1. The first kappa shape index (κ1) is 25.5. The van der Waals surface area contributed by atoms with Crippen molar-refractivity contribution in [2.75, 3.05) is 6.54 Å². The van der Waals surface area contributed by atoms with Crippen LogP contribution in [0.3, 0.4) is 0 Å². The van der Waals surface area contributed by atoms with Crippen LogP contribution in [0, 0.1) is 6.92 Å². The van der Waals surface area contributed by atoms with Crippen LogP contribution in [0.5, 0.6) is 5.75 Å². The molecule has 0 amide bonds. The van der Waals surface area contributed by atoms with Crippen molar-refractivity contribution in [3.63, 3.8) is 0 Å². The Bertz CT molecular complexity index is 1610. The summed E-state index contributed by atoms with van der Waals surface area (Å²) in [5, 5.41) is 3.82. The molecule has 1 aliphatic heterocycles. The van der Waals surface area contributed by atoms with Gasteiger partial charge in [0.2, 0.25) is 0 Å². The number of hydrogen-bond donors (Lipinski definition) is 1. The summed E-state index contributed by atoms with van der Waals surface area (Å²) in [5.74, 6) is 0.708. The van der Waals surface area contributed by atoms with Crippen molar-refractivity contribution in [3.05, 3.63) is 79.0 Å². The first-order valence-electron chi connectivity index (χ1n) is 11.4.